The van der Waals surface area contributed by atoms with E-state index in [1.807, 2.05) is 0 Å². The zero-order valence-corrected chi connectivity index (χ0v) is 7.14. The third kappa shape index (κ3) is 2.42. The Hall–Kier alpha value is -1.25. The summed E-state index contributed by atoms with van der Waals surface area (Å²) < 4.78 is 0. The second-order valence-corrected chi connectivity index (χ2v) is 2.09. The Morgan fingerprint density at radius 3 is 2.75 bits per heavy atom. The predicted molar refractivity (Wildman–Crippen MR) is 48.4 cm³/mol. The minimum absolute atomic E-state index is 0. The number of anilines is 1. The Balaban J connectivity index is 0.00000121. The number of hydrogen-bond acceptors (Lipinski definition) is 4. The van der Waals surface area contributed by atoms with Crippen molar-refractivity contribution in [1.29, 1.82) is 0 Å². The fourth-order valence-electron chi connectivity index (χ4n) is 0.677. The molecule has 1 aromatic rings. The normalized spacial score (nSPS) is 11.3. The zero-order valence-electron chi connectivity index (χ0n) is 6.32. The third-order valence-electron chi connectivity index (χ3n) is 1.21. The van der Waals surface area contributed by atoms with Crippen molar-refractivity contribution in [1.82, 2.24) is 15.2 Å². The molecule has 0 spiro atoms. The van der Waals surface area contributed by atoms with E-state index in [1.165, 1.54) is 0 Å². The monoisotopic (exact) mass is 187 g/mol. The average Bonchev–Trinajstić information content (AvgIpc) is 2.36. The van der Waals surface area contributed by atoms with Gasteiger partial charge in [0.2, 0.25) is 5.95 Å². The molecule has 12 heavy (non-hydrogen) atoms. The Labute approximate surface area is 76.3 Å². The number of H-pyrrole nitrogens is 1. The number of rotatable bonds is 2. The minimum atomic E-state index is -0.301. The van der Waals surface area contributed by atoms with Gasteiger partial charge in [-0.05, 0) is 0 Å². The van der Waals surface area contributed by atoms with E-state index in [-0.39, 0.29) is 24.4 Å². The van der Waals surface area contributed by atoms with Gasteiger partial charge in [-0.15, -0.1) is 29.8 Å². The lowest BCUT2D eigenvalue weighted by Gasteiger charge is -2.00. The highest BCUT2D eigenvalue weighted by molar-refractivity contribution is 5.85. The van der Waals surface area contributed by atoms with Crippen LogP contribution in [0.1, 0.15) is 18.3 Å². The highest BCUT2D eigenvalue weighted by Crippen LogP contribution is 2.07. The van der Waals surface area contributed by atoms with Gasteiger partial charge in [0.1, 0.15) is 5.82 Å². The summed E-state index contributed by atoms with van der Waals surface area (Å²) in [5.41, 5.74) is 10.8. The van der Waals surface area contributed by atoms with Gasteiger partial charge in [0, 0.05) is 6.42 Å². The van der Waals surface area contributed by atoms with Gasteiger partial charge in [0.25, 0.3) is 0 Å². The highest BCUT2D eigenvalue weighted by atomic mass is 35.5. The lowest BCUT2D eigenvalue weighted by molar-refractivity contribution is 0.696. The summed E-state index contributed by atoms with van der Waals surface area (Å²) >= 11 is 0. The summed E-state index contributed by atoms with van der Waals surface area (Å²) in [6.07, 6.45) is 5.48. The number of nitrogens with zero attached hydrogens (tertiary/aromatic N) is 2. The van der Waals surface area contributed by atoms with E-state index in [2.05, 4.69) is 21.1 Å². The molecule has 0 aromatic carbocycles. The number of hydrogen-bond donors (Lipinski definition) is 3. The fraction of sp³-hybridized carbons (Fsp3) is 0.333. The Bertz CT molecular complexity index is 276. The maximum Gasteiger partial charge on any atom is 0.239 e. The molecule has 5 nitrogen and oxygen atoms in total. The van der Waals surface area contributed by atoms with Crippen molar-refractivity contribution >= 4 is 18.4 Å². The van der Waals surface area contributed by atoms with Crippen LogP contribution < -0.4 is 11.5 Å². The van der Waals surface area contributed by atoms with E-state index in [0.29, 0.717) is 12.2 Å². The van der Waals surface area contributed by atoms with E-state index in [9.17, 15) is 0 Å². The molecule has 0 bridgehead atoms. The molecular weight excluding hydrogens is 178 g/mol. The standard InChI is InChI=1S/C6H9N5.ClH/c1-2-3-4(7)5-9-6(8)11-10-5;/h1,4H,3,7H2,(H3,8,9,10,11);1H/t4-;/m0./s1. The van der Waals surface area contributed by atoms with Gasteiger partial charge in [-0.2, -0.15) is 4.98 Å². The van der Waals surface area contributed by atoms with Crippen LogP contribution in [0.15, 0.2) is 0 Å². The van der Waals surface area contributed by atoms with Crippen molar-refractivity contribution in [3.8, 4) is 12.3 Å². The lowest BCUT2D eigenvalue weighted by atomic mass is 10.2. The van der Waals surface area contributed by atoms with Crippen LogP contribution in [0, 0.1) is 12.3 Å². The quantitative estimate of drug-likeness (QED) is 0.561. The molecule has 1 heterocycles. The van der Waals surface area contributed by atoms with Gasteiger partial charge >= 0.3 is 0 Å². The van der Waals surface area contributed by atoms with Crippen molar-refractivity contribution < 1.29 is 0 Å². The van der Waals surface area contributed by atoms with Crippen molar-refractivity contribution in [2.45, 2.75) is 12.5 Å². The SMILES string of the molecule is C#CC[C@H](N)c1nc(N)n[nH]1.Cl. The van der Waals surface area contributed by atoms with Crippen LogP contribution >= 0.6 is 12.4 Å². The number of nitrogen functional groups attached to an aromatic ring is 1. The van der Waals surface area contributed by atoms with Crippen LogP contribution in [0.5, 0.6) is 0 Å². The van der Waals surface area contributed by atoms with Crippen LogP contribution in [-0.2, 0) is 0 Å². The van der Waals surface area contributed by atoms with Crippen LogP contribution in [0.2, 0.25) is 0 Å². The summed E-state index contributed by atoms with van der Waals surface area (Å²) in [4.78, 5) is 3.82. The molecule has 0 amide bonds. The van der Waals surface area contributed by atoms with E-state index in [0.717, 1.165) is 0 Å². The molecule has 5 N–H and O–H groups in total. The largest absolute Gasteiger partial charge is 0.367 e. The summed E-state index contributed by atoms with van der Waals surface area (Å²) in [7, 11) is 0. The van der Waals surface area contributed by atoms with Gasteiger partial charge in [-0.3, -0.25) is 5.10 Å². The lowest BCUT2D eigenvalue weighted by Crippen LogP contribution is -2.11. The summed E-state index contributed by atoms with van der Waals surface area (Å²) in [5.74, 6) is 3.14. The molecule has 1 atom stereocenters. The van der Waals surface area contributed by atoms with Crippen molar-refractivity contribution in [3.05, 3.63) is 5.82 Å². The summed E-state index contributed by atoms with van der Waals surface area (Å²) in [6.45, 7) is 0. The van der Waals surface area contributed by atoms with E-state index >= 15 is 0 Å². The van der Waals surface area contributed by atoms with Crippen molar-refractivity contribution in [2.24, 2.45) is 5.73 Å². The zero-order chi connectivity index (χ0) is 8.27. The van der Waals surface area contributed by atoms with Crippen LogP contribution in [0.4, 0.5) is 5.95 Å². The molecule has 1 aromatic heterocycles. The molecule has 0 fully saturated rings. The number of nitrogens with one attached hydrogen (secondary N) is 1. The molecule has 0 saturated heterocycles. The number of aromatic nitrogens is 3. The first kappa shape index (κ1) is 10.8. The highest BCUT2D eigenvalue weighted by Gasteiger charge is 2.07. The van der Waals surface area contributed by atoms with Gasteiger partial charge < -0.3 is 11.5 Å². The minimum Gasteiger partial charge on any atom is -0.367 e. The molecule has 0 aliphatic heterocycles. The maximum absolute atomic E-state index is 5.59. The van der Waals surface area contributed by atoms with Crippen LogP contribution in [0.25, 0.3) is 0 Å². The summed E-state index contributed by atoms with van der Waals surface area (Å²) in [5, 5.41) is 6.20. The second-order valence-electron chi connectivity index (χ2n) is 2.09. The van der Waals surface area contributed by atoms with E-state index in [1.54, 1.807) is 0 Å². The Kier molecular flexibility index (Phi) is 4.11. The maximum atomic E-state index is 5.59. The second kappa shape index (κ2) is 4.59. The molecule has 6 heteroatoms. The predicted octanol–water partition coefficient (Wildman–Crippen LogP) is -0.168. The third-order valence-corrected chi connectivity index (χ3v) is 1.21. The Morgan fingerprint density at radius 1 is 1.67 bits per heavy atom. The van der Waals surface area contributed by atoms with Gasteiger partial charge in [-0.25, -0.2) is 0 Å². The molecule has 0 aliphatic carbocycles. The van der Waals surface area contributed by atoms with E-state index < -0.39 is 0 Å². The topological polar surface area (TPSA) is 93.6 Å². The molecule has 1 rings (SSSR count). The number of nitrogens with two attached hydrogens (primary N) is 2. The van der Waals surface area contributed by atoms with Crippen molar-refractivity contribution in [3.63, 3.8) is 0 Å². The molecule has 66 valence electrons. The number of terminal acetylenes is 1. The first-order valence-electron chi connectivity index (χ1n) is 3.11. The van der Waals surface area contributed by atoms with E-state index in [4.69, 9.17) is 17.9 Å². The number of halogens is 1. The molecule has 0 aliphatic rings. The molecule has 0 unspecified atom stereocenters. The fourth-order valence-corrected chi connectivity index (χ4v) is 0.677. The molecule has 0 radical (unpaired) electrons. The van der Waals surface area contributed by atoms with Crippen LogP contribution in [-0.4, -0.2) is 15.2 Å². The van der Waals surface area contributed by atoms with Crippen LogP contribution in [0.3, 0.4) is 0 Å². The Morgan fingerprint density at radius 2 is 2.33 bits per heavy atom. The average molecular weight is 188 g/mol. The van der Waals surface area contributed by atoms with Gasteiger partial charge in [0.05, 0.1) is 6.04 Å². The van der Waals surface area contributed by atoms with Gasteiger partial charge in [0.15, 0.2) is 0 Å². The smallest absolute Gasteiger partial charge is 0.239 e. The summed E-state index contributed by atoms with van der Waals surface area (Å²) in [6, 6.07) is -0.301. The molecular formula is C6H10ClN5. The van der Waals surface area contributed by atoms with Gasteiger partial charge in [-0.1, -0.05) is 0 Å². The van der Waals surface area contributed by atoms with Crippen molar-refractivity contribution in [2.75, 3.05) is 5.73 Å². The number of aromatic amines is 1. The first-order valence-corrected chi connectivity index (χ1v) is 3.11. The molecule has 0 saturated carbocycles. The first-order chi connectivity index (χ1) is 5.24.